The first kappa shape index (κ1) is 24.7. The second kappa shape index (κ2) is 10.6. The second-order valence-corrected chi connectivity index (χ2v) is 9.60. The number of nitrogens with one attached hydrogen (secondary N) is 1. The van der Waals surface area contributed by atoms with Crippen molar-refractivity contribution in [2.24, 2.45) is 4.99 Å². The van der Waals surface area contributed by atoms with Gasteiger partial charge in [-0.25, -0.2) is 14.2 Å². The zero-order valence-corrected chi connectivity index (χ0v) is 21.2. The van der Waals surface area contributed by atoms with E-state index in [0.717, 1.165) is 36.1 Å². The highest BCUT2D eigenvalue weighted by Crippen LogP contribution is 2.39. The number of hydrogen-bond donors (Lipinski definition) is 1. The van der Waals surface area contributed by atoms with Crippen molar-refractivity contribution in [3.63, 3.8) is 0 Å². The van der Waals surface area contributed by atoms with Gasteiger partial charge < -0.3 is 19.2 Å². The molecule has 0 radical (unpaired) electrons. The number of carbonyl (C=O) groups is 2. The van der Waals surface area contributed by atoms with Gasteiger partial charge in [0.15, 0.2) is 11.3 Å². The fraction of sp³-hybridized carbons (Fsp3) is 0.250. The van der Waals surface area contributed by atoms with Crippen LogP contribution in [-0.4, -0.2) is 25.6 Å². The van der Waals surface area contributed by atoms with Crippen molar-refractivity contribution in [1.29, 1.82) is 0 Å². The first-order chi connectivity index (χ1) is 18.0. The number of ether oxygens (including phenoxy) is 2. The third kappa shape index (κ3) is 4.86. The van der Waals surface area contributed by atoms with Gasteiger partial charge in [-0.05, 0) is 62.4 Å². The molecule has 1 amide bonds. The van der Waals surface area contributed by atoms with Crippen LogP contribution in [-0.2, 0) is 17.6 Å². The SMILES string of the molecule is CCOC(=O)c1c(NC(=O)c2cc3cccc(OC)c3oc2=Nc2ccccc2F)sc2c1CCCC2. The second-order valence-electron chi connectivity index (χ2n) is 8.50. The molecule has 0 unspecified atom stereocenters. The van der Waals surface area contributed by atoms with Crippen molar-refractivity contribution >= 4 is 44.9 Å². The van der Waals surface area contributed by atoms with E-state index < -0.39 is 17.7 Å². The normalized spacial score (nSPS) is 13.3. The van der Waals surface area contributed by atoms with Gasteiger partial charge in [0.2, 0.25) is 5.55 Å². The smallest absolute Gasteiger partial charge is 0.341 e. The Morgan fingerprint density at radius 3 is 2.73 bits per heavy atom. The van der Waals surface area contributed by atoms with Crippen LogP contribution in [0.5, 0.6) is 5.75 Å². The zero-order valence-electron chi connectivity index (χ0n) is 20.4. The number of hydrogen-bond acceptors (Lipinski definition) is 7. The summed E-state index contributed by atoms with van der Waals surface area (Å²) in [4.78, 5) is 31.9. The van der Waals surface area contributed by atoms with Crippen LogP contribution in [0.3, 0.4) is 0 Å². The molecule has 7 nitrogen and oxygen atoms in total. The fourth-order valence-electron chi connectivity index (χ4n) is 4.43. The molecule has 1 aliphatic carbocycles. The first-order valence-corrected chi connectivity index (χ1v) is 12.8. The largest absolute Gasteiger partial charge is 0.493 e. The van der Waals surface area contributed by atoms with E-state index in [2.05, 4.69) is 10.3 Å². The number of esters is 1. The third-order valence-corrected chi connectivity index (χ3v) is 7.36. The van der Waals surface area contributed by atoms with Gasteiger partial charge in [0.05, 0.1) is 19.3 Å². The summed E-state index contributed by atoms with van der Waals surface area (Å²) in [5.41, 5.74) is 1.74. The minimum absolute atomic E-state index is 0.0216. The molecule has 0 atom stereocenters. The highest BCUT2D eigenvalue weighted by molar-refractivity contribution is 7.17. The van der Waals surface area contributed by atoms with Crippen molar-refractivity contribution < 1.29 is 27.9 Å². The molecule has 2 aromatic carbocycles. The molecule has 2 aromatic heterocycles. The minimum Gasteiger partial charge on any atom is -0.493 e. The van der Waals surface area contributed by atoms with Gasteiger partial charge in [-0.2, -0.15) is 0 Å². The number of halogens is 1. The lowest BCUT2D eigenvalue weighted by Crippen LogP contribution is -2.22. The molecule has 2 heterocycles. The van der Waals surface area contributed by atoms with Gasteiger partial charge >= 0.3 is 5.97 Å². The van der Waals surface area contributed by atoms with Crippen LogP contribution in [0.2, 0.25) is 0 Å². The number of para-hydroxylation sites is 2. The average Bonchev–Trinajstić information content (AvgIpc) is 3.27. The Morgan fingerprint density at radius 1 is 1.14 bits per heavy atom. The molecular weight excluding hydrogens is 495 g/mol. The molecule has 0 saturated heterocycles. The van der Waals surface area contributed by atoms with Crippen molar-refractivity contribution in [3.8, 4) is 5.75 Å². The van der Waals surface area contributed by atoms with Crippen LogP contribution in [0.4, 0.5) is 15.1 Å². The summed E-state index contributed by atoms with van der Waals surface area (Å²) < 4.78 is 31.2. The van der Waals surface area contributed by atoms with Crippen LogP contribution in [0.25, 0.3) is 11.0 Å². The molecule has 9 heteroatoms. The number of rotatable bonds is 6. The number of carbonyl (C=O) groups excluding carboxylic acids is 2. The Kier molecular flexibility index (Phi) is 7.05. The summed E-state index contributed by atoms with van der Waals surface area (Å²) in [5.74, 6) is -1.10. The Bertz CT molecular complexity index is 1570. The zero-order chi connectivity index (χ0) is 25.9. The Hall–Kier alpha value is -3.98. The number of amides is 1. The summed E-state index contributed by atoms with van der Waals surface area (Å²) in [6.45, 7) is 1.98. The number of fused-ring (bicyclic) bond motifs is 2. The Labute approximate surface area is 216 Å². The van der Waals surface area contributed by atoms with E-state index in [1.807, 2.05) is 0 Å². The molecule has 0 bridgehead atoms. The molecule has 0 spiro atoms. The predicted octanol–water partition coefficient (Wildman–Crippen LogP) is 6.18. The molecule has 0 fully saturated rings. The molecule has 1 N–H and O–H groups in total. The molecule has 37 heavy (non-hydrogen) atoms. The summed E-state index contributed by atoms with van der Waals surface area (Å²) in [6, 6.07) is 12.9. The number of aryl methyl sites for hydroxylation is 1. The van der Waals surface area contributed by atoms with E-state index >= 15 is 0 Å². The monoisotopic (exact) mass is 520 g/mol. The molecule has 4 aromatic rings. The topological polar surface area (TPSA) is 90.1 Å². The molecule has 1 aliphatic rings. The highest BCUT2D eigenvalue weighted by Gasteiger charge is 2.28. The maximum atomic E-state index is 14.4. The molecule has 5 rings (SSSR count). The van der Waals surface area contributed by atoms with Crippen molar-refractivity contribution in [2.75, 3.05) is 19.0 Å². The molecule has 190 valence electrons. The lowest BCUT2D eigenvalue weighted by Gasteiger charge is -2.12. The lowest BCUT2D eigenvalue weighted by molar-refractivity contribution is 0.0526. The summed E-state index contributed by atoms with van der Waals surface area (Å²) in [7, 11) is 1.51. The maximum absolute atomic E-state index is 14.4. The predicted molar refractivity (Wildman–Crippen MR) is 139 cm³/mol. The van der Waals surface area contributed by atoms with Crippen molar-refractivity contribution in [3.05, 3.63) is 81.5 Å². The van der Waals surface area contributed by atoms with E-state index in [0.29, 0.717) is 27.3 Å². The van der Waals surface area contributed by atoms with Crippen molar-refractivity contribution in [1.82, 2.24) is 0 Å². The van der Waals surface area contributed by atoms with Crippen LogP contribution in [0.1, 0.15) is 50.9 Å². The number of methoxy groups -OCH3 is 1. The van der Waals surface area contributed by atoms with Gasteiger partial charge in [0.1, 0.15) is 22.1 Å². The number of thiophene rings is 1. The molecule has 0 saturated carbocycles. The Morgan fingerprint density at radius 2 is 1.95 bits per heavy atom. The third-order valence-electron chi connectivity index (χ3n) is 6.16. The van der Waals surface area contributed by atoms with Crippen molar-refractivity contribution in [2.45, 2.75) is 32.6 Å². The van der Waals surface area contributed by atoms with E-state index in [9.17, 15) is 14.0 Å². The minimum atomic E-state index is -0.556. The van der Waals surface area contributed by atoms with Gasteiger partial charge in [0.25, 0.3) is 5.91 Å². The van der Waals surface area contributed by atoms with Crippen LogP contribution in [0.15, 0.2) is 57.9 Å². The van der Waals surface area contributed by atoms with E-state index in [4.69, 9.17) is 13.9 Å². The number of nitrogens with zero attached hydrogens (tertiary/aromatic N) is 1. The van der Waals surface area contributed by atoms with Crippen LogP contribution >= 0.6 is 11.3 Å². The van der Waals surface area contributed by atoms with E-state index in [-0.39, 0.29) is 23.4 Å². The highest BCUT2D eigenvalue weighted by atomic mass is 32.1. The van der Waals surface area contributed by atoms with E-state index in [1.54, 1.807) is 43.3 Å². The van der Waals surface area contributed by atoms with Gasteiger partial charge in [-0.3, -0.25) is 4.79 Å². The molecule has 0 aliphatic heterocycles. The molecular formula is C28H25FN2O5S. The standard InChI is InChI=1S/C28H25FN2O5S/c1-3-35-28(33)23-17-10-4-7-14-22(17)37-27(23)31-25(32)18-15-16-9-8-13-21(34-2)24(16)36-26(18)30-20-12-6-5-11-19(20)29/h5-6,8-9,11-13,15H,3-4,7,10,14H2,1-2H3,(H,31,32). The summed E-state index contributed by atoms with van der Waals surface area (Å²) in [6.07, 6.45) is 3.61. The van der Waals surface area contributed by atoms with Crippen LogP contribution < -0.4 is 15.6 Å². The summed E-state index contributed by atoms with van der Waals surface area (Å²) >= 11 is 1.39. The van der Waals surface area contributed by atoms with E-state index in [1.165, 1.54) is 30.6 Å². The quantitative estimate of drug-likeness (QED) is 0.307. The summed E-state index contributed by atoms with van der Waals surface area (Å²) in [5, 5.41) is 3.92. The van der Waals surface area contributed by atoms with Gasteiger partial charge in [-0.15, -0.1) is 11.3 Å². The fourth-order valence-corrected chi connectivity index (χ4v) is 5.70. The first-order valence-electron chi connectivity index (χ1n) is 12.0. The van der Waals surface area contributed by atoms with Gasteiger partial charge in [0, 0.05) is 10.3 Å². The number of benzene rings is 2. The van der Waals surface area contributed by atoms with Gasteiger partial charge in [-0.1, -0.05) is 24.3 Å². The maximum Gasteiger partial charge on any atom is 0.341 e. The number of anilines is 1. The van der Waals surface area contributed by atoms with Crippen LogP contribution in [0, 0.1) is 5.82 Å². The Balaban J connectivity index is 1.64. The lowest BCUT2D eigenvalue weighted by atomic mass is 9.95. The average molecular weight is 521 g/mol.